The largest absolute Gasteiger partial charge is 0.351 e. The number of hydrogen-bond acceptors (Lipinski definition) is 3. The molecule has 0 atom stereocenters. The summed E-state index contributed by atoms with van der Waals surface area (Å²) in [5, 5.41) is 0. The summed E-state index contributed by atoms with van der Waals surface area (Å²) in [4.78, 5) is 20.3. The van der Waals surface area contributed by atoms with Crippen LogP contribution in [0.4, 0.5) is 10.6 Å². The van der Waals surface area contributed by atoms with E-state index in [0.717, 1.165) is 0 Å². The van der Waals surface area contributed by atoms with Crippen molar-refractivity contribution in [3.8, 4) is 0 Å². The van der Waals surface area contributed by atoms with Crippen LogP contribution in [0.25, 0.3) is 0 Å². The number of hydrogen-bond donors (Lipinski definition) is 1. The number of aromatic nitrogens is 2. The van der Waals surface area contributed by atoms with Crippen LogP contribution in [0.15, 0.2) is 12.3 Å². The van der Waals surface area contributed by atoms with Crippen molar-refractivity contribution in [2.75, 3.05) is 11.4 Å². The van der Waals surface area contributed by atoms with Crippen molar-refractivity contribution in [3.63, 3.8) is 0 Å². The van der Waals surface area contributed by atoms with E-state index in [9.17, 15) is 4.79 Å². The summed E-state index contributed by atoms with van der Waals surface area (Å²) in [6.45, 7) is 4.10. The molecule has 2 amide bonds. The Morgan fingerprint density at radius 3 is 2.85 bits per heavy atom. The molecule has 1 heterocycles. The van der Waals surface area contributed by atoms with Crippen molar-refractivity contribution in [1.29, 1.82) is 0 Å². The van der Waals surface area contributed by atoms with Gasteiger partial charge < -0.3 is 5.73 Å². The fraction of sp³-hybridized carbons (Fsp3) is 0.375. The lowest BCUT2D eigenvalue weighted by atomic mass is 10.4. The molecule has 5 nitrogen and oxygen atoms in total. The Labute approximate surface area is 76.6 Å². The molecular weight excluding hydrogens is 168 g/mol. The van der Waals surface area contributed by atoms with Gasteiger partial charge in [-0.15, -0.1) is 0 Å². The van der Waals surface area contributed by atoms with E-state index in [2.05, 4.69) is 9.97 Å². The molecule has 0 saturated carbocycles. The summed E-state index contributed by atoms with van der Waals surface area (Å²) >= 11 is 0. The highest BCUT2D eigenvalue weighted by Gasteiger charge is 2.10. The van der Waals surface area contributed by atoms with Crippen molar-refractivity contribution in [2.24, 2.45) is 5.73 Å². The van der Waals surface area contributed by atoms with Crippen LogP contribution in [-0.2, 0) is 0 Å². The first-order valence-corrected chi connectivity index (χ1v) is 4.01. The summed E-state index contributed by atoms with van der Waals surface area (Å²) in [5.74, 6) is 1.17. The van der Waals surface area contributed by atoms with Crippen molar-refractivity contribution < 1.29 is 4.79 Å². The third kappa shape index (κ3) is 2.14. The highest BCUT2D eigenvalue weighted by atomic mass is 16.2. The minimum atomic E-state index is -0.499. The van der Waals surface area contributed by atoms with Gasteiger partial charge in [0.1, 0.15) is 11.6 Å². The zero-order valence-electron chi connectivity index (χ0n) is 7.69. The topological polar surface area (TPSA) is 72.1 Å². The lowest BCUT2D eigenvalue weighted by Gasteiger charge is -2.16. The van der Waals surface area contributed by atoms with Crippen molar-refractivity contribution in [2.45, 2.75) is 13.8 Å². The highest BCUT2D eigenvalue weighted by molar-refractivity contribution is 5.89. The number of carbonyl (C=O) groups is 1. The number of aryl methyl sites for hydroxylation is 1. The first-order chi connectivity index (χ1) is 6.15. The number of primary amides is 1. The maximum Gasteiger partial charge on any atom is 0.320 e. The third-order valence-corrected chi connectivity index (χ3v) is 1.62. The number of nitrogens with two attached hydrogens (primary N) is 1. The van der Waals surface area contributed by atoms with Gasteiger partial charge in [-0.25, -0.2) is 14.8 Å². The van der Waals surface area contributed by atoms with E-state index >= 15 is 0 Å². The minimum absolute atomic E-state index is 0.499. The van der Waals surface area contributed by atoms with Crippen molar-refractivity contribution in [1.82, 2.24) is 9.97 Å². The van der Waals surface area contributed by atoms with Crippen molar-refractivity contribution in [3.05, 3.63) is 18.1 Å². The number of rotatable bonds is 2. The van der Waals surface area contributed by atoms with Crippen LogP contribution in [0.1, 0.15) is 12.7 Å². The van der Waals surface area contributed by atoms with E-state index < -0.39 is 6.03 Å². The normalized spacial score (nSPS) is 9.69. The first-order valence-electron chi connectivity index (χ1n) is 4.01. The third-order valence-electron chi connectivity index (χ3n) is 1.62. The number of amides is 2. The minimum Gasteiger partial charge on any atom is -0.351 e. The van der Waals surface area contributed by atoms with Gasteiger partial charge >= 0.3 is 6.03 Å². The monoisotopic (exact) mass is 180 g/mol. The highest BCUT2D eigenvalue weighted by Crippen LogP contribution is 2.08. The first kappa shape index (κ1) is 9.44. The average Bonchev–Trinajstić information content (AvgIpc) is 2.04. The van der Waals surface area contributed by atoms with Gasteiger partial charge in [0.15, 0.2) is 0 Å². The summed E-state index contributed by atoms with van der Waals surface area (Å²) in [7, 11) is 0. The molecule has 0 fully saturated rings. The summed E-state index contributed by atoms with van der Waals surface area (Å²) in [5.41, 5.74) is 5.16. The second kappa shape index (κ2) is 3.84. The smallest absolute Gasteiger partial charge is 0.320 e. The molecule has 0 aliphatic rings. The molecule has 70 valence electrons. The Bertz CT molecular complexity index is 313. The van der Waals surface area contributed by atoms with Crippen LogP contribution < -0.4 is 10.6 Å². The van der Waals surface area contributed by atoms with Gasteiger partial charge in [-0.3, -0.25) is 4.90 Å². The average molecular weight is 180 g/mol. The molecule has 1 rings (SSSR count). The van der Waals surface area contributed by atoms with Gasteiger partial charge in [-0.1, -0.05) is 0 Å². The Kier molecular flexibility index (Phi) is 2.79. The maximum absolute atomic E-state index is 10.9. The predicted molar refractivity (Wildman–Crippen MR) is 49.4 cm³/mol. The van der Waals surface area contributed by atoms with Gasteiger partial charge in [0, 0.05) is 12.7 Å². The molecule has 2 N–H and O–H groups in total. The van der Waals surface area contributed by atoms with E-state index in [4.69, 9.17) is 5.73 Å². The molecule has 0 aliphatic heterocycles. The van der Waals surface area contributed by atoms with E-state index in [1.807, 2.05) is 6.92 Å². The van der Waals surface area contributed by atoms with Gasteiger partial charge in [0.2, 0.25) is 0 Å². The quantitative estimate of drug-likeness (QED) is 0.727. The standard InChI is InChI=1S/C8H12N4O/c1-3-12(8(9)13)7-4-5-10-6(2)11-7/h4-5H,3H2,1-2H3,(H2,9,13). The fourth-order valence-electron chi connectivity index (χ4n) is 1.02. The second-order valence-electron chi connectivity index (χ2n) is 2.54. The molecule has 5 heteroatoms. The van der Waals surface area contributed by atoms with E-state index in [-0.39, 0.29) is 0 Å². The van der Waals surface area contributed by atoms with Gasteiger partial charge in [-0.2, -0.15) is 0 Å². The predicted octanol–water partition coefficient (Wildman–Crippen LogP) is 0.690. The molecule has 0 aromatic carbocycles. The van der Waals surface area contributed by atoms with E-state index in [1.54, 1.807) is 19.2 Å². The molecule has 13 heavy (non-hydrogen) atoms. The van der Waals surface area contributed by atoms with Crippen molar-refractivity contribution >= 4 is 11.8 Å². The summed E-state index contributed by atoms with van der Waals surface area (Å²) in [6, 6.07) is 1.15. The van der Waals surface area contributed by atoms with Crippen LogP contribution in [-0.4, -0.2) is 22.5 Å². The Morgan fingerprint density at radius 2 is 2.38 bits per heavy atom. The van der Waals surface area contributed by atoms with Gasteiger partial charge in [-0.05, 0) is 19.9 Å². The molecule has 0 spiro atoms. The van der Waals surface area contributed by atoms with E-state index in [1.165, 1.54) is 4.90 Å². The van der Waals surface area contributed by atoms with Gasteiger partial charge in [0.25, 0.3) is 0 Å². The zero-order valence-corrected chi connectivity index (χ0v) is 7.69. The lowest BCUT2D eigenvalue weighted by Crippen LogP contribution is -2.36. The molecule has 0 bridgehead atoms. The summed E-state index contributed by atoms with van der Waals surface area (Å²) < 4.78 is 0. The lowest BCUT2D eigenvalue weighted by molar-refractivity contribution is 0.254. The number of carbonyl (C=O) groups excluding carboxylic acids is 1. The zero-order chi connectivity index (χ0) is 9.84. The molecule has 0 radical (unpaired) electrons. The molecule has 0 saturated heterocycles. The number of urea groups is 1. The summed E-state index contributed by atoms with van der Waals surface area (Å²) in [6.07, 6.45) is 1.60. The SMILES string of the molecule is CCN(C(N)=O)c1ccnc(C)n1. The van der Waals surface area contributed by atoms with Crippen LogP contribution in [0, 0.1) is 6.92 Å². The van der Waals surface area contributed by atoms with Crippen LogP contribution >= 0.6 is 0 Å². The molecule has 1 aromatic rings. The van der Waals surface area contributed by atoms with Crippen LogP contribution in [0.2, 0.25) is 0 Å². The second-order valence-corrected chi connectivity index (χ2v) is 2.54. The molecule has 1 aromatic heterocycles. The molecule has 0 aliphatic carbocycles. The Hall–Kier alpha value is -1.65. The van der Waals surface area contributed by atoms with Crippen LogP contribution in [0.3, 0.4) is 0 Å². The maximum atomic E-state index is 10.9. The molecule has 0 unspecified atom stereocenters. The number of nitrogens with zero attached hydrogens (tertiary/aromatic N) is 3. The molecular formula is C8H12N4O. The van der Waals surface area contributed by atoms with E-state index in [0.29, 0.717) is 18.2 Å². The van der Waals surface area contributed by atoms with Crippen LogP contribution in [0.5, 0.6) is 0 Å². The Morgan fingerprint density at radius 1 is 1.69 bits per heavy atom. The van der Waals surface area contributed by atoms with Gasteiger partial charge in [0.05, 0.1) is 0 Å². The fourth-order valence-corrected chi connectivity index (χ4v) is 1.02. The number of anilines is 1. The Balaban J connectivity index is 2.98.